The van der Waals surface area contributed by atoms with Crippen molar-refractivity contribution in [3.05, 3.63) is 65.0 Å². The molecule has 5 nitrogen and oxygen atoms in total. The van der Waals surface area contributed by atoms with E-state index in [1.807, 2.05) is 50.3 Å². The molecular weight excluding hydrogens is 426 g/mol. The van der Waals surface area contributed by atoms with E-state index in [9.17, 15) is 4.79 Å². The highest BCUT2D eigenvalue weighted by atomic mass is 35.5. The van der Waals surface area contributed by atoms with Gasteiger partial charge in [0.15, 0.2) is 5.78 Å². The number of fused-ring (bicyclic) bond motifs is 1. The van der Waals surface area contributed by atoms with Gasteiger partial charge in [0, 0.05) is 33.6 Å². The molecule has 1 aromatic carbocycles. The van der Waals surface area contributed by atoms with Crippen molar-refractivity contribution in [2.45, 2.75) is 25.6 Å². The maximum absolute atomic E-state index is 12.7. The number of carbonyl (C=O) groups excluding carboxylic acids is 1. The lowest BCUT2D eigenvalue weighted by Gasteiger charge is -2.05. The Bertz CT molecular complexity index is 1220. The van der Waals surface area contributed by atoms with E-state index < -0.39 is 0 Å². The molecule has 0 saturated carbocycles. The maximum atomic E-state index is 12.7. The molecule has 0 fully saturated rings. The summed E-state index contributed by atoms with van der Waals surface area (Å²) in [6, 6.07) is 9.79. The van der Waals surface area contributed by atoms with Gasteiger partial charge in [-0.25, -0.2) is 0 Å². The molecule has 0 N–H and O–H groups in total. The molecule has 0 amide bonds. The van der Waals surface area contributed by atoms with Gasteiger partial charge in [0.05, 0.1) is 10.8 Å². The van der Waals surface area contributed by atoms with Crippen LogP contribution < -0.4 is 0 Å². The van der Waals surface area contributed by atoms with Crippen LogP contribution in [0.5, 0.6) is 0 Å². The van der Waals surface area contributed by atoms with Crippen molar-refractivity contribution < 1.29 is 9.21 Å². The molecule has 0 bridgehead atoms. The fourth-order valence-corrected chi connectivity index (χ4v) is 5.29. The van der Waals surface area contributed by atoms with Crippen molar-refractivity contribution >= 4 is 50.6 Å². The number of carbonyl (C=O) groups is 1. The Hall–Kier alpha value is -2.35. The Labute approximate surface area is 181 Å². The van der Waals surface area contributed by atoms with E-state index in [0.29, 0.717) is 28.2 Å². The van der Waals surface area contributed by atoms with Gasteiger partial charge in [0.1, 0.15) is 4.88 Å². The van der Waals surface area contributed by atoms with Crippen molar-refractivity contribution in [3.63, 3.8) is 0 Å². The number of aromatic nitrogens is 3. The third kappa shape index (κ3) is 3.77. The van der Waals surface area contributed by atoms with Gasteiger partial charge in [-0.3, -0.25) is 4.79 Å². The number of Topliss-reactive ketones (excluding diaryl/α,β-unsaturated/α-hetero) is 1. The SMILES string of the molecule is C=CCn1c(C)cc(C(=O)CSc2nnc(-c3sc4ccccc4c3Cl)o2)c1C. The fourth-order valence-electron chi connectivity index (χ4n) is 3.21. The number of hydrogen-bond acceptors (Lipinski definition) is 6. The molecule has 0 radical (unpaired) electrons. The molecule has 4 rings (SSSR count). The van der Waals surface area contributed by atoms with Gasteiger partial charge in [-0.2, -0.15) is 0 Å². The van der Waals surface area contributed by atoms with Crippen LogP contribution in [0.25, 0.3) is 20.9 Å². The van der Waals surface area contributed by atoms with E-state index in [4.69, 9.17) is 16.0 Å². The number of aryl methyl sites for hydroxylation is 1. The summed E-state index contributed by atoms with van der Waals surface area (Å²) in [7, 11) is 0. The maximum Gasteiger partial charge on any atom is 0.277 e. The molecule has 29 heavy (non-hydrogen) atoms. The molecular formula is C21H18ClN3O2S2. The molecule has 0 unspecified atom stereocenters. The molecule has 0 aliphatic heterocycles. The average molecular weight is 444 g/mol. The van der Waals surface area contributed by atoms with E-state index in [1.54, 1.807) is 0 Å². The van der Waals surface area contributed by atoms with Gasteiger partial charge in [0.2, 0.25) is 0 Å². The third-order valence-electron chi connectivity index (χ3n) is 4.65. The number of allylic oxidation sites excluding steroid dienone is 1. The molecule has 3 heterocycles. The lowest BCUT2D eigenvalue weighted by Crippen LogP contribution is -2.06. The predicted octanol–water partition coefficient (Wildman–Crippen LogP) is 6.18. The highest BCUT2D eigenvalue weighted by Crippen LogP contribution is 2.41. The quantitative estimate of drug-likeness (QED) is 0.194. The second-order valence-corrected chi connectivity index (χ2v) is 8.87. The lowest BCUT2D eigenvalue weighted by molar-refractivity contribution is 0.102. The summed E-state index contributed by atoms with van der Waals surface area (Å²) in [5.41, 5.74) is 2.69. The summed E-state index contributed by atoms with van der Waals surface area (Å²) >= 11 is 9.22. The predicted molar refractivity (Wildman–Crippen MR) is 119 cm³/mol. The van der Waals surface area contributed by atoms with Crippen LogP contribution in [0.4, 0.5) is 0 Å². The zero-order chi connectivity index (χ0) is 20.5. The minimum absolute atomic E-state index is 0.0260. The molecule has 4 aromatic rings. The van der Waals surface area contributed by atoms with Gasteiger partial charge in [-0.15, -0.1) is 28.1 Å². The van der Waals surface area contributed by atoms with Crippen LogP contribution >= 0.6 is 34.7 Å². The Balaban J connectivity index is 1.50. The van der Waals surface area contributed by atoms with Crippen molar-refractivity contribution in [3.8, 4) is 10.8 Å². The summed E-state index contributed by atoms with van der Waals surface area (Å²) in [6.07, 6.45) is 1.82. The van der Waals surface area contributed by atoms with Gasteiger partial charge in [0.25, 0.3) is 11.1 Å². The van der Waals surface area contributed by atoms with Crippen molar-refractivity contribution in [2.24, 2.45) is 0 Å². The van der Waals surface area contributed by atoms with Crippen molar-refractivity contribution in [1.29, 1.82) is 0 Å². The standard InChI is InChI=1S/C21H18ClN3O2S2/c1-4-9-25-12(2)10-15(13(25)3)16(26)11-28-21-24-23-20(27-21)19-18(22)14-7-5-6-8-17(14)29-19/h4-8,10H,1,9,11H2,2-3H3. The van der Waals surface area contributed by atoms with Crippen LogP contribution in [0.15, 0.2) is 52.6 Å². The topological polar surface area (TPSA) is 60.9 Å². The fraction of sp³-hybridized carbons (Fsp3) is 0.190. The van der Waals surface area contributed by atoms with Crippen LogP contribution in [-0.2, 0) is 6.54 Å². The van der Waals surface area contributed by atoms with Gasteiger partial charge >= 0.3 is 0 Å². The highest BCUT2D eigenvalue weighted by Gasteiger charge is 2.20. The molecule has 0 spiro atoms. The minimum atomic E-state index is 0.0260. The Morgan fingerprint density at radius 2 is 2.14 bits per heavy atom. The molecule has 148 valence electrons. The van der Waals surface area contributed by atoms with Gasteiger partial charge < -0.3 is 8.98 Å². The number of ketones is 1. The van der Waals surface area contributed by atoms with Gasteiger partial charge in [-0.05, 0) is 26.0 Å². The third-order valence-corrected chi connectivity index (χ3v) is 7.13. The molecule has 0 aliphatic carbocycles. The number of halogens is 1. The van der Waals surface area contributed by atoms with Crippen LogP contribution in [0, 0.1) is 13.8 Å². The monoisotopic (exact) mass is 443 g/mol. The summed E-state index contributed by atoms with van der Waals surface area (Å²) in [5.74, 6) is 0.619. The summed E-state index contributed by atoms with van der Waals surface area (Å²) < 4.78 is 8.89. The first kappa shape index (κ1) is 19.9. The van der Waals surface area contributed by atoms with Crippen LogP contribution in [0.2, 0.25) is 5.02 Å². The molecule has 8 heteroatoms. The second kappa shape index (κ2) is 8.18. The Kier molecular flexibility index (Phi) is 5.63. The lowest BCUT2D eigenvalue weighted by atomic mass is 10.2. The zero-order valence-corrected chi connectivity index (χ0v) is 18.3. The van der Waals surface area contributed by atoms with E-state index >= 15 is 0 Å². The van der Waals surface area contributed by atoms with Crippen LogP contribution in [0.1, 0.15) is 21.7 Å². The highest BCUT2D eigenvalue weighted by molar-refractivity contribution is 7.99. The average Bonchev–Trinajstić information content (AvgIpc) is 3.39. The Morgan fingerprint density at radius 3 is 2.90 bits per heavy atom. The van der Waals surface area contributed by atoms with Crippen LogP contribution in [0.3, 0.4) is 0 Å². The first-order valence-corrected chi connectivity index (χ1v) is 11.1. The summed E-state index contributed by atoms with van der Waals surface area (Å²) in [6.45, 7) is 8.38. The normalized spacial score (nSPS) is 11.3. The number of thioether (sulfide) groups is 1. The molecule has 3 aromatic heterocycles. The summed E-state index contributed by atoms with van der Waals surface area (Å²) in [4.78, 5) is 13.4. The van der Waals surface area contributed by atoms with E-state index in [1.165, 1.54) is 23.1 Å². The molecule has 0 saturated heterocycles. The first-order valence-electron chi connectivity index (χ1n) is 8.94. The van der Waals surface area contributed by atoms with E-state index in [-0.39, 0.29) is 11.5 Å². The number of hydrogen-bond donors (Lipinski definition) is 0. The summed E-state index contributed by atoms with van der Waals surface area (Å²) in [5, 5.41) is 10.1. The molecule has 0 aliphatic rings. The van der Waals surface area contributed by atoms with Gasteiger partial charge in [-0.1, -0.05) is 47.6 Å². The second-order valence-electron chi connectivity index (χ2n) is 6.51. The molecule has 0 atom stereocenters. The number of benzene rings is 1. The number of nitrogens with zero attached hydrogens (tertiary/aromatic N) is 3. The van der Waals surface area contributed by atoms with Crippen molar-refractivity contribution in [2.75, 3.05) is 5.75 Å². The smallest absolute Gasteiger partial charge is 0.277 e. The minimum Gasteiger partial charge on any atom is -0.410 e. The Morgan fingerprint density at radius 1 is 1.34 bits per heavy atom. The largest absolute Gasteiger partial charge is 0.410 e. The van der Waals surface area contributed by atoms with E-state index in [2.05, 4.69) is 21.3 Å². The first-order chi connectivity index (χ1) is 14.0. The van der Waals surface area contributed by atoms with Crippen molar-refractivity contribution in [1.82, 2.24) is 14.8 Å². The number of thiophene rings is 1. The zero-order valence-electron chi connectivity index (χ0n) is 15.9. The van der Waals surface area contributed by atoms with Crippen LogP contribution in [-0.4, -0.2) is 26.3 Å². The van der Waals surface area contributed by atoms with E-state index in [0.717, 1.165) is 26.4 Å². The number of rotatable bonds is 7.